The standard InChI is InChI=1S/C25H22N2OS/c1-25(2)16-20-14-19(8-9-23(20)29(25)28)22-15-21(17-10-12-26-13-11-17)24(27-22)18-6-4-3-5-7-18/h3-15,27H,16H2,1-2H3. The molecule has 1 aliphatic rings. The summed E-state index contributed by atoms with van der Waals surface area (Å²) < 4.78 is 12.5. The van der Waals surface area contributed by atoms with Crippen molar-refractivity contribution in [2.75, 3.05) is 0 Å². The van der Waals surface area contributed by atoms with Gasteiger partial charge in [-0.25, -0.2) is 0 Å². The maximum Gasteiger partial charge on any atom is 0.0592 e. The quantitative estimate of drug-likeness (QED) is 0.470. The first-order valence-corrected chi connectivity index (χ1v) is 10.9. The lowest BCUT2D eigenvalue weighted by Crippen LogP contribution is -2.22. The Hall–Kier alpha value is -2.98. The van der Waals surface area contributed by atoms with Crippen LogP contribution in [0.25, 0.3) is 33.6 Å². The van der Waals surface area contributed by atoms with E-state index < -0.39 is 10.8 Å². The van der Waals surface area contributed by atoms with Gasteiger partial charge in [-0.3, -0.25) is 9.19 Å². The number of hydrogen-bond donors (Lipinski definition) is 1. The first-order valence-electron chi connectivity index (χ1n) is 9.77. The summed E-state index contributed by atoms with van der Waals surface area (Å²) in [6, 6.07) is 23.0. The van der Waals surface area contributed by atoms with Gasteiger partial charge >= 0.3 is 0 Å². The van der Waals surface area contributed by atoms with Gasteiger partial charge in [0.15, 0.2) is 0 Å². The van der Waals surface area contributed by atoms with Crippen molar-refractivity contribution in [1.82, 2.24) is 9.97 Å². The van der Waals surface area contributed by atoms with Crippen LogP contribution in [-0.4, -0.2) is 18.9 Å². The van der Waals surface area contributed by atoms with Crippen LogP contribution in [0.2, 0.25) is 0 Å². The van der Waals surface area contributed by atoms with E-state index in [1.54, 1.807) is 0 Å². The molecule has 5 rings (SSSR count). The number of aromatic nitrogens is 2. The highest BCUT2D eigenvalue weighted by Crippen LogP contribution is 2.40. The molecule has 0 saturated carbocycles. The van der Waals surface area contributed by atoms with Gasteiger partial charge in [-0.2, -0.15) is 0 Å². The van der Waals surface area contributed by atoms with Crippen LogP contribution in [-0.2, 0) is 17.2 Å². The van der Waals surface area contributed by atoms with Crippen molar-refractivity contribution < 1.29 is 4.21 Å². The van der Waals surface area contributed by atoms with Gasteiger partial charge in [-0.05, 0) is 72.9 Å². The van der Waals surface area contributed by atoms with Gasteiger partial charge in [0, 0.05) is 33.3 Å². The molecule has 1 atom stereocenters. The van der Waals surface area contributed by atoms with Crippen molar-refractivity contribution in [1.29, 1.82) is 0 Å². The number of rotatable bonds is 3. The van der Waals surface area contributed by atoms with Gasteiger partial charge < -0.3 is 4.98 Å². The van der Waals surface area contributed by atoms with E-state index in [1.807, 2.05) is 36.7 Å². The van der Waals surface area contributed by atoms with E-state index in [-0.39, 0.29) is 4.75 Å². The van der Waals surface area contributed by atoms with Crippen molar-refractivity contribution in [2.24, 2.45) is 0 Å². The monoisotopic (exact) mass is 398 g/mol. The van der Waals surface area contributed by atoms with Gasteiger partial charge in [0.2, 0.25) is 0 Å². The zero-order valence-corrected chi connectivity index (χ0v) is 17.3. The first-order chi connectivity index (χ1) is 14.0. The van der Waals surface area contributed by atoms with E-state index in [4.69, 9.17) is 0 Å². The molecule has 1 aliphatic heterocycles. The smallest absolute Gasteiger partial charge is 0.0592 e. The highest BCUT2D eigenvalue weighted by molar-refractivity contribution is 7.86. The van der Waals surface area contributed by atoms with E-state index in [0.29, 0.717) is 0 Å². The molecule has 3 heterocycles. The van der Waals surface area contributed by atoms with Crippen LogP contribution in [0.5, 0.6) is 0 Å². The van der Waals surface area contributed by atoms with Crippen LogP contribution in [0, 0.1) is 0 Å². The number of nitrogens with one attached hydrogen (secondary N) is 1. The summed E-state index contributed by atoms with van der Waals surface area (Å²) in [4.78, 5) is 8.77. The van der Waals surface area contributed by atoms with Crippen LogP contribution in [0.3, 0.4) is 0 Å². The van der Waals surface area contributed by atoms with Crippen molar-refractivity contribution in [3.63, 3.8) is 0 Å². The average Bonchev–Trinajstić information content (AvgIpc) is 3.28. The molecule has 0 aliphatic carbocycles. The predicted octanol–water partition coefficient (Wildman–Crippen LogP) is 5.85. The highest BCUT2D eigenvalue weighted by atomic mass is 32.2. The molecule has 0 fully saturated rings. The molecule has 3 nitrogen and oxygen atoms in total. The van der Waals surface area contributed by atoms with Crippen LogP contribution in [0.4, 0.5) is 0 Å². The van der Waals surface area contributed by atoms with Crippen LogP contribution in [0.1, 0.15) is 19.4 Å². The normalized spacial score (nSPS) is 17.2. The zero-order valence-electron chi connectivity index (χ0n) is 16.5. The minimum absolute atomic E-state index is 0.200. The van der Waals surface area contributed by atoms with Crippen molar-refractivity contribution in [2.45, 2.75) is 29.9 Å². The Kier molecular flexibility index (Phi) is 4.25. The molecule has 144 valence electrons. The molecule has 0 saturated heterocycles. The largest absolute Gasteiger partial charge is 0.354 e. The summed E-state index contributed by atoms with van der Waals surface area (Å²) in [5, 5.41) is 0. The van der Waals surface area contributed by atoms with Gasteiger partial charge in [0.1, 0.15) is 0 Å². The maximum absolute atomic E-state index is 12.7. The second kappa shape index (κ2) is 6.82. The fourth-order valence-electron chi connectivity index (χ4n) is 4.09. The Labute approximate surface area is 173 Å². The molecular weight excluding hydrogens is 376 g/mol. The Bertz CT molecular complexity index is 1150. The minimum atomic E-state index is -0.949. The Morgan fingerprint density at radius 1 is 0.897 bits per heavy atom. The molecule has 1 N–H and O–H groups in total. The molecule has 4 heteroatoms. The van der Waals surface area contributed by atoms with Crippen LogP contribution < -0.4 is 0 Å². The molecule has 0 bridgehead atoms. The fraction of sp³-hybridized carbons (Fsp3) is 0.160. The number of H-pyrrole nitrogens is 1. The van der Waals surface area contributed by atoms with E-state index in [0.717, 1.165) is 45.0 Å². The van der Waals surface area contributed by atoms with Crippen molar-refractivity contribution in [3.05, 3.63) is 84.7 Å². The third-order valence-electron chi connectivity index (χ3n) is 5.56. The Morgan fingerprint density at radius 2 is 1.66 bits per heavy atom. The molecule has 0 amide bonds. The number of benzene rings is 2. The summed E-state index contributed by atoms with van der Waals surface area (Å²) in [6.07, 6.45) is 4.49. The second-order valence-electron chi connectivity index (χ2n) is 8.10. The summed E-state index contributed by atoms with van der Waals surface area (Å²) in [7, 11) is -0.949. The summed E-state index contributed by atoms with van der Waals surface area (Å²) in [5.41, 5.74) is 7.89. The molecular formula is C25H22N2OS. The minimum Gasteiger partial charge on any atom is -0.354 e. The first kappa shape index (κ1) is 18.1. The van der Waals surface area contributed by atoms with Gasteiger partial charge in [-0.1, -0.05) is 36.4 Å². The summed E-state index contributed by atoms with van der Waals surface area (Å²) in [5.74, 6) is 0. The van der Waals surface area contributed by atoms with E-state index >= 15 is 0 Å². The van der Waals surface area contributed by atoms with E-state index in [2.05, 4.69) is 66.3 Å². The third kappa shape index (κ3) is 3.14. The average molecular weight is 399 g/mol. The van der Waals surface area contributed by atoms with E-state index in [9.17, 15) is 4.21 Å². The Morgan fingerprint density at radius 3 is 2.41 bits per heavy atom. The predicted molar refractivity (Wildman–Crippen MR) is 119 cm³/mol. The highest BCUT2D eigenvalue weighted by Gasteiger charge is 2.36. The van der Waals surface area contributed by atoms with Gasteiger partial charge in [0.05, 0.1) is 16.5 Å². The summed E-state index contributed by atoms with van der Waals surface area (Å²) >= 11 is 0. The summed E-state index contributed by atoms with van der Waals surface area (Å²) in [6.45, 7) is 4.15. The van der Waals surface area contributed by atoms with Crippen molar-refractivity contribution >= 4 is 10.8 Å². The molecule has 29 heavy (non-hydrogen) atoms. The number of pyridine rings is 1. The molecule has 4 aromatic rings. The van der Waals surface area contributed by atoms with Crippen LogP contribution >= 0.6 is 0 Å². The molecule has 2 aromatic carbocycles. The van der Waals surface area contributed by atoms with E-state index in [1.165, 1.54) is 5.56 Å². The number of hydrogen-bond acceptors (Lipinski definition) is 2. The molecule has 2 aromatic heterocycles. The number of nitrogens with zero attached hydrogens (tertiary/aromatic N) is 1. The molecule has 0 radical (unpaired) electrons. The lowest BCUT2D eigenvalue weighted by atomic mass is 9.99. The maximum atomic E-state index is 12.7. The Balaban J connectivity index is 1.65. The lowest BCUT2D eigenvalue weighted by Gasteiger charge is -2.13. The number of aromatic amines is 1. The SMILES string of the molecule is CC1(C)Cc2cc(-c3cc(-c4ccncc4)c(-c4ccccc4)[nH]3)ccc2S1=O. The zero-order chi connectivity index (χ0) is 20.0. The van der Waals surface area contributed by atoms with Crippen LogP contribution in [0.15, 0.2) is 84.0 Å². The second-order valence-corrected chi connectivity index (χ2v) is 10.2. The molecule has 1 unspecified atom stereocenters. The fourth-order valence-corrected chi connectivity index (χ4v) is 5.53. The lowest BCUT2D eigenvalue weighted by molar-refractivity contribution is 0.640. The topological polar surface area (TPSA) is 45.8 Å². The van der Waals surface area contributed by atoms with Crippen molar-refractivity contribution in [3.8, 4) is 33.6 Å². The van der Waals surface area contributed by atoms with Gasteiger partial charge in [0.25, 0.3) is 0 Å². The number of fused-ring (bicyclic) bond motifs is 1. The van der Waals surface area contributed by atoms with Gasteiger partial charge in [-0.15, -0.1) is 0 Å². The molecule has 0 spiro atoms. The third-order valence-corrected chi connectivity index (χ3v) is 7.51.